The first-order valence-corrected chi connectivity index (χ1v) is 8.73. The summed E-state index contributed by atoms with van der Waals surface area (Å²) in [4.78, 5) is 29.5. The number of rotatable bonds is 5. The molecule has 0 spiro atoms. The van der Waals surface area contributed by atoms with Gasteiger partial charge in [0.25, 0.3) is 0 Å². The van der Waals surface area contributed by atoms with E-state index in [1.807, 2.05) is 16.7 Å². The van der Waals surface area contributed by atoms with E-state index in [2.05, 4.69) is 6.92 Å². The highest BCUT2D eigenvalue weighted by molar-refractivity contribution is 5.97. The Kier molecular flexibility index (Phi) is 3.98. The average Bonchev–Trinajstić information content (AvgIpc) is 3.25. The zero-order chi connectivity index (χ0) is 15.0. The van der Waals surface area contributed by atoms with Crippen molar-refractivity contribution < 1.29 is 9.59 Å². The molecule has 2 saturated heterocycles. The van der Waals surface area contributed by atoms with Gasteiger partial charge in [0.2, 0.25) is 11.8 Å². The van der Waals surface area contributed by atoms with Gasteiger partial charge in [-0.25, -0.2) is 0 Å². The number of fused-ring (bicyclic) bond motifs is 1. The Balaban J connectivity index is 1.80. The third-order valence-corrected chi connectivity index (χ3v) is 5.65. The zero-order valence-corrected chi connectivity index (χ0v) is 13.4. The van der Waals surface area contributed by atoms with Gasteiger partial charge in [0, 0.05) is 13.1 Å². The van der Waals surface area contributed by atoms with E-state index in [9.17, 15) is 9.59 Å². The lowest BCUT2D eigenvalue weighted by atomic mass is 9.91. The maximum atomic E-state index is 12.9. The van der Waals surface area contributed by atoms with Crippen molar-refractivity contribution >= 4 is 11.8 Å². The Morgan fingerprint density at radius 1 is 1.14 bits per heavy atom. The highest BCUT2D eigenvalue weighted by atomic mass is 16.2. The van der Waals surface area contributed by atoms with Gasteiger partial charge in [0.15, 0.2) is 0 Å². The van der Waals surface area contributed by atoms with Gasteiger partial charge in [-0.1, -0.05) is 20.3 Å². The Labute approximate surface area is 127 Å². The third kappa shape index (κ3) is 2.58. The highest BCUT2D eigenvalue weighted by Gasteiger charge is 2.51. The molecule has 118 valence electrons. The average molecular weight is 292 g/mol. The molecule has 2 amide bonds. The van der Waals surface area contributed by atoms with E-state index in [0.717, 1.165) is 38.8 Å². The van der Waals surface area contributed by atoms with Crippen molar-refractivity contribution in [1.29, 1.82) is 0 Å². The Bertz CT molecular complexity index is 431. The van der Waals surface area contributed by atoms with Crippen LogP contribution in [-0.2, 0) is 9.59 Å². The van der Waals surface area contributed by atoms with Crippen LogP contribution in [-0.4, -0.2) is 46.8 Å². The Morgan fingerprint density at radius 3 is 2.52 bits per heavy atom. The molecule has 2 aliphatic heterocycles. The second-order valence-corrected chi connectivity index (χ2v) is 7.18. The quantitative estimate of drug-likeness (QED) is 0.781. The van der Waals surface area contributed by atoms with Gasteiger partial charge >= 0.3 is 0 Å². The molecule has 2 unspecified atom stereocenters. The number of hydrogen-bond acceptors (Lipinski definition) is 2. The van der Waals surface area contributed by atoms with Crippen LogP contribution in [0.2, 0.25) is 0 Å². The van der Waals surface area contributed by atoms with Crippen LogP contribution in [0, 0.1) is 5.41 Å². The van der Waals surface area contributed by atoms with Gasteiger partial charge in [-0.3, -0.25) is 9.59 Å². The SMILES string of the molecule is CCCC1(CN2C(=O)C3CCCCN3C(=O)C2CC)CC1. The lowest BCUT2D eigenvalue weighted by Crippen LogP contribution is -2.66. The minimum absolute atomic E-state index is 0.161. The molecule has 0 N–H and O–H groups in total. The molecule has 2 heterocycles. The first-order valence-electron chi connectivity index (χ1n) is 8.73. The molecule has 1 aliphatic carbocycles. The van der Waals surface area contributed by atoms with Gasteiger partial charge in [-0.05, 0) is 50.4 Å². The summed E-state index contributed by atoms with van der Waals surface area (Å²) >= 11 is 0. The van der Waals surface area contributed by atoms with E-state index in [4.69, 9.17) is 0 Å². The normalized spacial score (nSPS) is 31.3. The predicted octanol–water partition coefficient (Wildman–Crippen LogP) is 2.57. The molecule has 0 bridgehead atoms. The number of amides is 2. The summed E-state index contributed by atoms with van der Waals surface area (Å²) in [7, 11) is 0. The number of piperidine rings is 1. The second kappa shape index (κ2) is 5.62. The largest absolute Gasteiger partial charge is 0.329 e. The van der Waals surface area contributed by atoms with Crippen LogP contribution in [0.5, 0.6) is 0 Å². The van der Waals surface area contributed by atoms with Crippen LogP contribution >= 0.6 is 0 Å². The van der Waals surface area contributed by atoms with Crippen molar-refractivity contribution in [2.75, 3.05) is 13.1 Å². The van der Waals surface area contributed by atoms with Gasteiger partial charge in [-0.15, -0.1) is 0 Å². The molecule has 0 radical (unpaired) electrons. The second-order valence-electron chi connectivity index (χ2n) is 7.18. The monoisotopic (exact) mass is 292 g/mol. The van der Waals surface area contributed by atoms with E-state index >= 15 is 0 Å². The first-order chi connectivity index (χ1) is 10.1. The molecular weight excluding hydrogens is 264 g/mol. The lowest BCUT2D eigenvalue weighted by molar-refractivity contribution is -0.164. The van der Waals surface area contributed by atoms with E-state index < -0.39 is 0 Å². The molecule has 3 rings (SSSR count). The lowest BCUT2D eigenvalue weighted by Gasteiger charge is -2.47. The summed E-state index contributed by atoms with van der Waals surface area (Å²) in [6, 6.07) is -0.368. The fourth-order valence-electron chi connectivity index (χ4n) is 4.26. The highest BCUT2D eigenvalue weighted by Crippen LogP contribution is 2.51. The summed E-state index contributed by atoms with van der Waals surface area (Å²) < 4.78 is 0. The summed E-state index contributed by atoms with van der Waals surface area (Å²) in [6.45, 7) is 5.84. The van der Waals surface area contributed by atoms with Crippen LogP contribution in [0.1, 0.15) is 65.2 Å². The van der Waals surface area contributed by atoms with E-state index in [0.29, 0.717) is 5.41 Å². The Morgan fingerprint density at radius 2 is 1.90 bits per heavy atom. The first kappa shape index (κ1) is 14.9. The van der Waals surface area contributed by atoms with Gasteiger partial charge in [-0.2, -0.15) is 0 Å². The maximum absolute atomic E-state index is 12.9. The molecule has 2 atom stereocenters. The molecule has 0 aromatic rings. The van der Waals surface area contributed by atoms with Crippen LogP contribution in [0.15, 0.2) is 0 Å². The van der Waals surface area contributed by atoms with E-state index in [-0.39, 0.29) is 23.9 Å². The number of hydrogen-bond donors (Lipinski definition) is 0. The molecule has 4 nitrogen and oxygen atoms in total. The maximum Gasteiger partial charge on any atom is 0.246 e. The van der Waals surface area contributed by atoms with Crippen molar-refractivity contribution in [3.63, 3.8) is 0 Å². The van der Waals surface area contributed by atoms with Gasteiger partial charge < -0.3 is 9.80 Å². The van der Waals surface area contributed by atoms with Crippen molar-refractivity contribution in [2.45, 2.75) is 77.3 Å². The predicted molar refractivity (Wildman–Crippen MR) is 81.7 cm³/mol. The molecule has 3 aliphatic rings. The number of nitrogens with zero attached hydrogens (tertiary/aromatic N) is 2. The van der Waals surface area contributed by atoms with E-state index in [1.165, 1.54) is 25.7 Å². The molecule has 4 heteroatoms. The minimum atomic E-state index is -0.207. The molecule has 3 fully saturated rings. The standard InChI is InChI=1S/C17H28N2O2/c1-3-8-17(9-10-17)12-19-13(4-2)15(20)18-11-6-5-7-14(18)16(19)21/h13-14H,3-12H2,1-2H3. The molecular formula is C17H28N2O2. The number of piperazine rings is 1. The molecule has 0 aromatic carbocycles. The third-order valence-electron chi connectivity index (χ3n) is 5.65. The van der Waals surface area contributed by atoms with Crippen LogP contribution in [0.3, 0.4) is 0 Å². The van der Waals surface area contributed by atoms with Gasteiger partial charge in [0.05, 0.1) is 0 Å². The van der Waals surface area contributed by atoms with Crippen LogP contribution in [0.25, 0.3) is 0 Å². The minimum Gasteiger partial charge on any atom is -0.329 e. The number of carbonyl (C=O) groups excluding carboxylic acids is 2. The van der Waals surface area contributed by atoms with Crippen molar-refractivity contribution in [2.24, 2.45) is 5.41 Å². The summed E-state index contributed by atoms with van der Waals surface area (Å²) in [5.74, 6) is 0.428. The fourth-order valence-corrected chi connectivity index (χ4v) is 4.26. The van der Waals surface area contributed by atoms with Crippen molar-refractivity contribution in [3.8, 4) is 0 Å². The van der Waals surface area contributed by atoms with Crippen LogP contribution < -0.4 is 0 Å². The van der Waals surface area contributed by atoms with Gasteiger partial charge in [0.1, 0.15) is 12.1 Å². The molecule has 21 heavy (non-hydrogen) atoms. The smallest absolute Gasteiger partial charge is 0.246 e. The Hall–Kier alpha value is -1.06. The zero-order valence-electron chi connectivity index (χ0n) is 13.4. The van der Waals surface area contributed by atoms with Crippen LogP contribution in [0.4, 0.5) is 0 Å². The molecule has 0 aromatic heterocycles. The molecule has 1 saturated carbocycles. The number of carbonyl (C=O) groups is 2. The summed E-state index contributed by atoms with van der Waals surface area (Å²) in [5.41, 5.74) is 0.328. The topological polar surface area (TPSA) is 40.6 Å². The summed E-state index contributed by atoms with van der Waals surface area (Å²) in [5, 5.41) is 0. The van der Waals surface area contributed by atoms with Crippen molar-refractivity contribution in [1.82, 2.24) is 9.80 Å². The summed E-state index contributed by atoms with van der Waals surface area (Å²) in [6.07, 6.45) is 8.54. The fraction of sp³-hybridized carbons (Fsp3) is 0.882. The van der Waals surface area contributed by atoms with E-state index in [1.54, 1.807) is 0 Å². The van der Waals surface area contributed by atoms with Crippen molar-refractivity contribution in [3.05, 3.63) is 0 Å².